The fourth-order valence-corrected chi connectivity index (χ4v) is 3.15. The average molecular weight is 353 g/mol. The molecule has 136 valence electrons. The number of carbonyl (C=O) groups excluding carboxylic acids is 2. The number of likely N-dealkylation sites (tertiary alicyclic amines) is 1. The number of hydrogen-bond donors (Lipinski definition) is 2. The topological polar surface area (TPSA) is 84.7 Å². The third-order valence-electron chi connectivity index (χ3n) is 4.71. The van der Waals surface area contributed by atoms with E-state index in [1.807, 2.05) is 48.5 Å². The molecule has 6 heteroatoms. The Morgan fingerprint density at radius 3 is 2.35 bits per heavy atom. The van der Waals surface area contributed by atoms with Gasteiger partial charge in [0.25, 0.3) is 5.91 Å². The molecule has 2 aromatic rings. The second-order valence-electron chi connectivity index (χ2n) is 6.37. The molecule has 2 aromatic carbocycles. The van der Waals surface area contributed by atoms with E-state index in [1.54, 1.807) is 12.0 Å². The van der Waals surface area contributed by atoms with E-state index in [0.29, 0.717) is 31.5 Å². The van der Waals surface area contributed by atoms with E-state index in [9.17, 15) is 9.59 Å². The van der Waals surface area contributed by atoms with Gasteiger partial charge in [0.1, 0.15) is 5.75 Å². The first kappa shape index (κ1) is 17.8. The predicted octanol–water partition coefficient (Wildman–Crippen LogP) is 2.78. The van der Waals surface area contributed by atoms with Gasteiger partial charge in [-0.1, -0.05) is 12.1 Å². The van der Waals surface area contributed by atoms with Crippen LogP contribution in [0.15, 0.2) is 48.5 Å². The minimum atomic E-state index is -0.279. The number of benzene rings is 2. The maximum Gasteiger partial charge on any atom is 0.255 e. The van der Waals surface area contributed by atoms with Crippen molar-refractivity contribution >= 4 is 23.2 Å². The van der Waals surface area contributed by atoms with Crippen LogP contribution in [0.2, 0.25) is 0 Å². The standard InChI is InChI=1S/C20H23N3O3/c1-26-16-8-6-15(7-9-16)22-18-5-3-2-4-17(18)20(25)23-12-10-14(11-13-23)19(21)24/h2-9,14,22H,10-13H2,1H3,(H2,21,24). The van der Waals surface area contributed by atoms with Gasteiger partial charge in [0, 0.05) is 24.7 Å². The van der Waals surface area contributed by atoms with Gasteiger partial charge in [0.15, 0.2) is 0 Å². The van der Waals surface area contributed by atoms with Gasteiger partial charge in [-0.2, -0.15) is 0 Å². The molecular formula is C20H23N3O3. The quantitative estimate of drug-likeness (QED) is 0.866. The Balaban J connectivity index is 1.74. The molecule has 0 radical (unpaired) electrons. The molecule has 1 aliphatic heterocycles. The summed E-state index contributed by atoms with van der Waals surface area (Å²) in [6.45, 7) is 1.09. The summed E-state index contributed by atoms with van der Waals surface area (Å²) >= 11 is 0. The van der Waals surface area contributed by atoms with Crippen LogP contribution >= 0.6 is 0 Å². The molecule has 0 bridgehead atoms. The van der Waals surface area contributed by atoms with Gasteiger partial charge in [0.05, 0.1) is 18.4 Å². The third kappa shape index (κ3) is 3.96. The van der Waals surface area contributed by atoms with Crippen molar-refractivity contribution in [2.75, 3.05) is 25.5 Å². The summed E-state index contributed by atoms with van der Waals surface area (Å²) in [7, 11) is 1.62. The van der Waals surface area contributed by atoms with E-state index in [-0.39, 0.29) is 17.7 Å². The number of nitrogens with one attached hydrogen (secondary N) is 1. The number of amides is 2. The number of rotatable bonds is 5. The van der Waals surface area contributed by atoms with Crippen molar-refractivity contribution in [3.8, 4) is 5.75 Å². The fourth-order valence-electron chi connectivity index (χ4n) is 3.15. The molecule has 1 fully saturated rings. The van der Waals surface area contributed by atoms with Crippen molar-refractivity contribution in [1.29, 1.82) is 0 Å². The molecule has 6 nitrogen and oxygen atoms in total. The molecule has 2 amide bonds. The summed E-state index contributed by atoms with van der Waals surface area (Å²) in [5.74, 6) is 0.326. The lowest BCUT2D eigenvalue weighted by Crippen LogP contribution is -2.41. The number of hydrogen-bond acceptors (Lipinski definition) is 4. The number of carbonyl (C=O) groups is 2. The number of nitrogens with two attached hydrogens (primary N) is 1. The predicted molar refractivity (Wildman–Crippen MR) is 101 cm³/mol. The maximum atomic E-state index is 12.9. The lowest BCUT2D eigenvalue weighted by atomic mass is 9.95. The van der Waals surface area contributed by atoms with Crippen LogP contribution in [0.25, 0.3) is 0 Å². The van der Waals surface area contributed by atoms with E-state index in [1.165, 1.54) is 0 Å². The molecule has 1 heterocycles. The van der Waals surface area contributed by atoms with Crippen molar-refractivity contribution in [3.63, 3.8) is 0 Å². The average Bonchev–Trinajstić information content (AvgIpc) is 2.68. The molecule has 0 saturated carbocycles. The van der Waals surface area contributed by atoms with Crippen molar-refractivity contribution in [2.24, 2.45) is 11.7 Å². The molecule has 0 spiro atoms. The molecule has 0 unspecified atom stereocenters. The Bertz CT molecular complexity index is 781. The first-order valence-corrected chi connectivity index (χ1v) is 8.67. The van der Waals surface area contributed by atoms with Crippen LogP contribution < -0.4 is 15.8 Å². The summed E-state index contributed by atoms with van der Waals surface area (Å²) in [4.78, 5) is 26.0. The fraction of sp³-hybridized carbons (Fsp3) is 0.300. The lowest BCUT2D eigenvalue weighted by Gasteiger charge is -2.31. The van der Waals surface area contributed by atoms with Crippen LogP contribution in [0.3, 0.4) is 0 Å². The van der Waals surface area contributed by atoms with Gasteiger partial charge in [-0.05, 0) is 49.2 Å². The van der Waals surface area contributed by atoms with Crippen LogP contribution in [0.4, 0.5) is 11.4 Å². The lowest BCUT2D eigenvalue weighted by molar-refractivity contribution is -0.123. The Morgan fingerprint density at radius 2 is 1.73 bits per heavy atom. The summed E-state index contributed by atoms with van der Waals surface area (Å²) in [5, 5.41) is 3.29. The van der Waals surface area contributed by atoms with Crippen LogP contribution in [-0.2, 0) is 4.79 Å². The minimum Gasteiger partial charge on any atom is -0.497 e. The zero-order valence-electron chi connectivity index (χ0n) is 14.8. The van der Waals surface area contributed by atoms with Crippen LogP contribution in [-0.4, -0.2) is 36.9 Å². The smallest absolute Gasteiger partial charge is 0.255 e. The summed E-state index contributed by atoms with van der Waals surface area (Å²) in [6, 6.07) is 15.0. The van der Waals surface area contributed by atoms with E-state index in [0.717, 1.165) is 17.1 Å². The maximum absolute atomic E-state index is 12.9. The van der Waals surface area contributed by atoms with Crippen molar-refractivity contribution in [2.45, 2.75) is 12.8 Å². The highest BCUT2D eigenvalue weighted by Crippen LogP contribution is 2.25. The van der Waals surface area contributed by atoms with Gasteiger partial charge in [-0.3, -0.25) is 9.59 Å². The number of primary amides is 1. The number of methoxy groups -OCH3 is 1. The summed E-state index contributed by atoms with van der Waals surface area (Å²) in [6.07, 6.45) is 1.24. The zero-order valence-corrected chi connectivity index (χ0v) is 14.8. The Morgan fingerprint density at radius 1 is 1.08 bits per heavy atom. The molecular weight excluding hydrogens is 330 g/mol. The second-order valence-corrected chi connectivity index (χ2v) is 6.37. The Labute approximate surface area is 152 Å². The first-order chi connectivity index (χ1) is 12.6. The van der Waals surface area contributed by atoms with E-state index < -0.39 is 0 Å². The SMILES string of the molecule is COc1ccc(Nc2ccccc2C(=O)N2CCC(C(N)=O)CC2)cc1. The number of anilines is 2. The third-order valence-corrected chi connectivity index (χ3v) is 4.71. The molecule has 3 rings (SSSR count). The van der Waals surface area contributed by atoms with E-state index in [2.05, 4.69) is 5.32 Å². The Hall–Kier alpha value is -3.02. The summed E-state index contributed by atoms with van der Waals surface area (Å²) in [5.41, 5.74) is 7.60. The van der Waals surface area contributed by atoms with Crippen molar-refractivity contribution in [3.05, 3.63) is 54.1 Å². The van der Waals surface area contributed by atoms with Crippen LogP contribution in [0, 0.1) is 5.92 Å². The molecule has 26 heavy (non-hydrogen) atoms. The molecule has 1 saturated heterocycles. The van der Waals surface area contributed by atoms with E-state index in [4.69, 9.17) is 10.5 Å². The number of nitrogens with zero attached hydrogens (tertiary/aromatic N) is 1. The van der Waals surface area contributed by atoms with Gasteiger partial charge in [0.2, 0.25) is 5.91 Å². The summed E-state index contributed by atoms with van der Waals surface area (Å²) < 4.78 is 5.16. The van der Waals surface area contributed by atoms with Crippen LogP contribution in [0.1, 0.15) is 23.2 Å². The Kier molecular flexibility index (Phi) is 5.41. The molecule has 0 aliphatic carbocycles. The molecule has 0 aromatic heterocycles. The normalized spacial score (nSPS) is 14.7. The highest BCUT2D eigenvalue weighted by molar-refractivity contribution is 6.00. The number of ether oxygens (including phenoxy) is 1. The first-order valence-electron chi connectivity index (χ1n) is 8.67. The minimum absolute atomic E-state index is 0.0375. The second kappa shape index (κ2) is 7.91. The van der Waals surface area contributed by atoms with Gasteiger partial charge in [-0.15, -0.1) is 0 Å². The van der Waals surface area contributed by atoms with Gasteiger partial charge < -0.3 is 20.7 Å². The highest BCUT2D eigenvalue weighted by atomic mass is 16.5. The zero-order chi connectivity index (χ0) is 18.5. The molecule has 0 atom stereocenters. The van der Waals surface area contributed by atoms with Crippen molar-refractivity contribution < 1.29 is 14.3 Å². The van der Waals surface area contributed by atoms with E-state index >= 15 is 0 Å². The van der Waals surface area contributed by atoms with Gasteiger partial charge in [-0.25, -0.2) is 0 Å². The van der Waals surface area contributed by atoms with Gasteiger partial charge >= 0.3 is 0 Å². The molecule has 1 aliphatic rings. The monoisotopic (exact) mass is 353 g/mol. The number of piperidine rings is 1. The largest absolute Gasteiger partial charge is 0.497 e. The molecule has 3 N–H and O–H groups in total. The van der Waals surface area contributed by atoms with Crippen LogP contribution in [0.5, 0.6) is 5.75 Å². The number of para-hydroxylation sites is 1. The highest BCUT2D eigenvalue weighted by Gasteiger charge is 2.27. The van der Waals surface area contributed by atoms with Crippen molar-refractivity contribution in [1.82, 2.24) is 4.90 Å².